The highest BCUT2D eigenvalue weighted by atomic mass is 35.5. The van der Waals surface area contributed by atoms with Crippen LogP contribution >= 0.6 is 23.2 Å². The highest BCUT2D eigenvalue weighted by Crippen LogP contribution is 2.32. The normalized spacial score (nSPS) is 14.0. The van der Waals surface area contributed by atoms with E-state index in [0.717, 1.165) is 17.2 Å². The van der Waals surface area contributed by atoms with Crippen LogP contribution < -0.4 is 4.74 Å². The van der Waals surface area contributed by atoms with E-state index < -0.39 is 17.2 Å². The molecule has 0 radical (unpaired) electrons. The van der Waals surface area contributed by atoms with Gasteiger partial charge in [0.25, 0.3) is 0 Å². The van der Waals surface area contributed by atoms with E-state index in [1.165, 1.54) is 36.6 Å². The molecule has 2 unspecified atom stereocenters. The van der Waals surface area contributed by atoms with Gasteiger partial charge in [-0.25, -0.2) is 18.4 Å². The Labute approximate surface area is 224 Å². The second-order valence-corrected chi connectivity index (χ2v) is 9.43. The number of ether oxygens (including phenoxy) is 2. The number of allylic oxidation sites excluding steroid dienone is 1. The van der Waals surface area contributed by atoms with Gasteiger partial charge in [-0.1, -0.05) is 66.5 Å². The summed E-state index contributed by atoms with van der Waals surface area (Å²) in [5.74, 6) is -0.727. The largest absolute Gasteiger partial charge is 0.490 e. The summed E-state index contributed by atoms with van der Waals surface area (Å²) in [4.78, 5) is 3.94. The van der Waals surface area contributed by atoms with Gasteiger partial charge in [0.1, 0.15) is 42.2 Å². The summed E-state index contributed by atoms with van der Waals surface area (Å²) in [5.41, 5.74) is 0.828. The number of aromatic nitrogens is 3. The van der Waals surface area contributed by atoms with Crippen LogP contribution in [0.1, 0.15) is 29.5 Å². The van der Waals surface area contributed by atoms with E-state index in [4.69, 9.17) is 32.7 Å². The Morgan fingerprint density at radius 3 is 2.49 bits per heavy atom. The first-order chi connectivity index (χ1) is 17.8. The van der Waals surface area contributed by atoms with Crippen molar-refractivity contribution < 1.29 is 18.3 Å². The molecule has 1 aromatic heterocycles. The lowest BCUT2D eigenvalue weighted by Gasteiger charge is -2.33. The lowest BCUT2D eigenvalue weighted by atomic mass is 9.93. The lowest BCUT2D eigenvalue weighted by molar-refractivity contribution is -0.0666. The Bertz CT molecular complexity index is 1360. The topological polar surface area (TPSA) is 49.2 Å². The first-order valence-electron chi connectivity index (χ1n) is 11.5. The first-order valence-corrected chi connectivity index (χ1v) is 12.2. The number of halogens is 4. The van der Waals surface area contributed by atoms with Crippen molar-refractivity contribution in [3.63, 3.8) is 0 Å². The van der Waals surface area contributed by atoms with Crippen molar-refractivity contribution in [2.45, 2.75) is 25.0 Å². The third-order valence-corrected chi connectivity index (χ3v) is 6.66. The standard InChI is InChI=1S/C28H25Cl2F2N3O2/c1-19(3-4-21-5-8-22(29)13-26(21)30)20-6-10-24(11-7-20)37-16-28(36-2,15-35-18-33-17-34-35)25-12-9-23(31)14-27(25)32/h3-14,17-19H,15-16H2,1-2H3. The molecular weight excluding hydrogens is 519 g/mol. The molecule has 0 spiro atoms. The van der Waals surface area contributed by atoms with E-state index in [-0.39, 0.29) is 24.6 Å². The molecule has 5 nitrogen and oxygen atoms in total. The summed E-state index contributed by atoms with van der Waals surface area (Å²) in [6.07, 6.45) is 6.88. The zero-order valence-electron chi connectivity index (χ0n) is 20.2. The number of nitrogens with zero attached hydrogens (tertiary/aromatic N) is 3. The van der Waals surface area contributed by atoms with Crippen molar-refractivity contribution in [1.82, 2.24) is 14.8 Å². The van der Waals surface area contributed by atoms with Gasteiger partial charge >= 0.3 is 0 Å². The number of rotatable bonds is 10. The monoisotopic (exact) mass is 543 g/mol. The van der Waals surface area contributed by atoms with Crippen LogP contribution in [0.5, 0.6) is 5.75 Å². The van der Waals surface area contributed by atoms with Crippen LogP contribution in [0.2, 0.25) is 10.0 Å². The zero-order valence-corrected chi connectivity index (χ0v) is 21.8. The minimum absolute atomic E-state index is 0.0459. The fraction of sp³-hybridized carbons (Fsp3) is 0.214. The summed E-state index contributed by atoms with van der Waals surface area (Å²) < 4.78 is 41.8. The molecule has 0 bridgehead atoms. The molecule has 9 heteroatoms. The quantitative estimate of drug-likeness (QED) is 0.210. The second-order valence-electron chi connectivity index (χ2n) is 8.59. The Hall–Kier alpha value is -3.26. The van der Waals surface area contributed by atoms with Gasteiger partial charge in [-0.15, -0.1) is 0 Å². The minimum Gasteiger partial charge on any atom is -0.490 e. The van der Waals surface area contributed by atoms with Crippen LogP contribution in [0.3, 0.4) is 0 Å². The predicted molar refractivity (Wildman–Crippen MR) is 141 cm³/mol. The fourth-order valence-electron chi connectivity index (χ4n) is 3.94. The Morgan fingerprint density at radius 1 is 1.05 bits per heavy atom. The van der Waals surface area contributed by atoms with E-state index in [9.17, 15) is 8.78 Å². The second kappa shape index (κ2) is 11.9. The highest BCUT2D eigenvalue weighted by molar-refractivity contribution is 6.35. The molecule has 0 aliphatic heterocycles. The van der Waals surface area contributed by atoms with Gasteiger partial charge in [0.2, 0.25) is 0 Å². The summed E-state index contributed by atoms with van der Waals surface area (Å²) in [6, 6.07) is 16.3. The van der Waals surface area contributed by atoms with Crippen LogP contribution in [0, 0.1) is 11.6 Å². The molecule has 1 heterocycles. The molecule has 0 saturated heterocycles. The summed E-state index contributed by atoms with van der Waals surface area (Å²) >= 11 is 12.2. The SMILES string of the molecule is COC(COc1ccc(C(C)C=Cc2ccc(Cl)cc2Cl)cc1)(Cn1cncn1)c1ccc(F)cc1F. The molecule has 4 rings (SSSR count). The molecule has 0 aliphatic carbocycles. The molecule has 0 aliphatic rings. The van der Waals surface area contributed by atoms with Gasteiger partial charge in [-0.2, -0.15) is 5.10 Å². The first kappa shape index (κ1) is 26.8. The zero-order chi connectivity index (χ0) is 26.4. The van der Waals surface area contributed by atoms with E-state index in [2.05, 4.69) is 23.1 Å². The Balaban J connectivity index is 1.50. The summed E-state index contributed by atoms with van der Waals surface area (Å²) in [7, 11) is 1.45. The molecule has 37 heavy (non-hydrogen) atoms. The predicted octanol–water partition coefficient (Wildman–Crippen LogP) is 7.30. The molecular formula is C28H25Cl2F2N3O2. The van der Waals surface area contributed by atoms with E-state index in [1.807, 2.05) is 36.4 Å². The van der Waals surface area contributed by atoms with Gasteiger partial charge in [0.05, 0.1) is 6.54 Å². The average Bonchev–Trinajstić information content (AvgIpc) is 3.39. The van der Waals surface area contributed by atoms with Crippen LogP contribution in [0.15, 0.2) is 79.4 Å². The van der Waals surface area contributed by atoms with Gasteiger partial charge in [0.15, 0.2) is 0 Å². The summed E-state index contributed by atoms with van der Waals surface area (Å²) in [5, 5.41) is 5.29. The molecule has 0 saturated carbocycles. The average molecular weight is 544 g/mol. The van der Waals surface area contributed by atoms with E-state index in [1.54, 1.807) is 12.1 Å². The molecule has 2 atom stereocenters. The van der Waals surface area contributed by atoms with Crippen molar-refractivity contribution in [1.29, 1.82) is 0 Å². The van der Waals surface area contributed by atoms with Crippen LogP contribution in [0.4, 0.5) is 8.78 Å². The fourth-order valence-corrected chi connectivity index (χ4v) is 4.41. The smallest absolute Gasteiger partial charge is 0.149 e. The van der Waals surface area contributed by atoms with Crippen LogP contribution in [-0.4, -0.2) is 28.5 Å². The van der Waals surface area contributed by atoms with Gasteiger partial charge in [-0.05, 0) is 47.4 Å². The van der Waals surface area contributed by atoms with Crippen molar-refractivity contribution in [2.24, 2.45) is 0 Å². The van der Waals surface area contributed by atoms with Crippen LogP contribution in [0.25, 0.3) is 6.08 Å². The maximum atomic E-state index is 14.8. The van der Waals surface area contributed by atoms with E-state index >= 15 is 0 Å². The molecule has 0 N–H and O–H groups in total. The molecule has 0 fully saturated rings. The molecule has 0 amide bonds. The molecule has 4 aromatic rings. The minimum atomic E-state index is -1.28. The number of hydrogen-bond acceptors (Lipinski definition) is 4. The Morgan fingerprint density at radius 2 is 1.84 bits per heavy atom. The maximum absolute atomic E-state index is 14.8. The summed E-state index contributed by atoms with van der Waals surface area (Å²) in [6.45, 7) is 2.14. The van der Waals surface area contributed by atoms with Crippen LogP contribution in [-0.2, 0) is 16.9 Å². The van der Waals surface area contributed by atoms with Gasteiger partial charge in [0, 0.05) is 28.8 Å². The van der Waals surface area contributed by atoms with Crippen molar-refractivity contribution >= 4 is 29.3 Å². The van der Waals surface area contributed by atoms with Gasteiger partial charge < -0.3 is 9.47 Å². The Kier molecular flexibility index (Phi) is 8.59. The van der Waals surface area contributed by atoms with Crippen molar-refractivity contribution in [2.75, 3.05) is 13.7 Å². The maximum Gasteiger partial charge on any atom is 0.149 e. The van der Waals surface area contributed by atoms with Gasteiger partial charge in [-0.3, -0.25) is 0 Å². The van der Waals surface area contributed by atoms with E-state index in [0.29, 0.717) is 15.8 Å². The third-order valence-electron chi connectivity index (χ3n) is 6.10. The van der Waals surface area contributed by atoms with Crippen molar-refractivity contribution in [3.05, 3.63) is 118 Å². The number of hydrogen-bond donors (Lipinski definition) is 0. The molecule has 192 valence electrons. The van der Waals surface area contributed by atoms with Crippen molar-refractivity contribution in [3.8, 4) is 5.75 Å². The number of benzene rings is 3. The molecule has 3 aromatic carbocycles. The number of methoxy groups -OCH3 is 1. The highest BCUT2D eigenvalue weighted by Gasteiger charge is 2.37. The third kappa shape index (κ3) is 6.55. The lowest BCUT2D eigenvalue weighted by Crippen LogP contribution is -2.41.